The molecule has 1 aromatic heterocycles. The molecule has 7 aromatic rings. The summed E-state index contributed by atoms with van der Waals surface area (Å²) in [5.41, 5.74) is 5.99. The van der Waals surface area contributed by atoms with Crippen LogP contribution in [0.5, 0.6) is 0 Å². The molecule has 1 nitrogen and oxygen atoms in total. The van der Waals surface area contributed by atoms with Gasteiger partial charge in [0.25, 0.3) is 0 Å². The van der Waals surface area contributed by atoms with Crippen molar-refractivity contribution in [1.29, 1.82) is 0 Å². The fourth-order valence-corrected chi connectivity index (χ4v) is 5.92. The molecule has 0 bridgehead atoms. The summed E-state index contributed by atoms with van der Waals surface area (Å²) >= 11 is 0. The van der Waals surface area contributed by atoms with Gasteiger partial charge < -0.3 is 0 Å². The molecule has 0 fully saturated rings. The van der Waals surface area contributed by atoms with Crippen molar-refractivity contribution in [2.75, 3.05) is 0 Å². The number of fused-ring (bicyclic) bond motifs is 3. The Bertz CT molecular complexity index is 1880. The van der Waals surface area contributed by atoms with Gasteiger partial charge in [-0.15, -0.1) is 0 Å². The maximum Gasteiger partial charge on any atom is 0.243 e. The number of aromatic nitrogens is 1. The molecule has 182 valence electrons. The number of nitrogens with zero attached hydrogens (tertiary/aromatic N) is 1. The second-order valence-electron chi connectivity index (χ2n) is 9.95. The average Bonchev–Trinajstić information content (AvgIpc) is 3.01. The van der Waals surface area contributed by atoms with Crippen LogP contribution in [0.4, 0.5) is 0 Å². The molecule has 1 heterocycles. The van der Waals surface area contributed by atoms with Crippen molar-refractivity contribution in [3.63, 3.8) is 0 Å². The van der Waals surface area contributed by atoms with Crippen LogP contribution in [0.1, 0.15) is 11.3 Å². The molecule has 0 aliphatic heterocycles. The Hall–Kier alpha value is -4.95. The standard InChI is InChI=1S/C37H26BN/c1-4-19-31-27(12-1)15-9-22-34(31)37(26-30-18-7-8-25-39-30)38(35-23-10-16-28-13-2-5-20-32(28)35)36-24-11-17-29-14-3-6-21-33(29)36/h1-26H/b37-26-. The van der Waals surface area contributed by atoms with E-state index in [2.05, 4.69) is 146 Å². The van der Waals surface area contributed by atoms with Gasteiger partial charge in [0.05, 0.1) is 5.69 Å². The fraction of sp³-hybridized carbons (Fsp3) is 0. The van der Waals surface area contributed by atoms with Crippen molar-refractivity contribution in [3.8, 4) is 0 Å². The zero-order chi connectivity index (χ0) is 26.0. The first-order valence-electron chi connectivity index (χ1n) is 13.4. The highest BCUT2D eigenvalue weighted by atomic mass is 14.6. The normalized spacial score (nSPS) is 11.7. The van der Waals surface area contributed by atoms with Crippen LogP contribution in [0.15, 0.2) is 152 Å². The molecule has 2 heteroatoms. The van der Waals surface area contributed by atoms with Gasteiger partial charge in [0.2, 0.25) is 6.71 Å². The van der Waals surface area contributed by atoms with Crippen molar-refractivity contribution in [2.45, 2.75) is 0 Å². The molecular weight excluding hydrogens is 469 g/mol. The highest BCUT2D eigenvalue weighted by Gasteiger charge is 2.29. The first-order valence-corrected chi connectivity index (χ1v) is 13.4. The molecule has 0 atom stereocenters. The SMILES string of the molecule is C(=C(/B(c1cccc2ccccc12)c1cccc2ccccc12)c1cccc2ccccc12)/c1ccccn1. The van der Waals surface area contributed by atoms with Crippen LogP contribution >= 0.6 is 0 Å². The highest BCUT2D eigenvalue weighted by Crippen LogP contribution is 2.30. The third kappa shape index (κ3) is 4.30. The lowest BCUT2D eigenvalue weighted by Crippen LogP contribution is -2.44. The summed E-state index contributed by atoms with van der Waals surface area (Å²) in [4.78, 5) is 4.74. The van der Waals surface area contributed by atoms with Crippen LogP contribution in [0.25, 0.3) is 43.9 Å². The van der Waals surface area contributed by atoms with E-state index in [4.69, 9.17) is 4.98 Å². The maximum atomic E-state index is 4.74. The van der Waals surface area contributed by atoms with E-state index in [1.807, 2.05) is 12.3 Å². The van der Waals surface area contributed by atoms with Crippen molar-refractivity contribution >= 4 is 61.5 Å². The monoisotopic (exact) mass is 495 g/mol. The maximum absolute atomic E-state index is 4.74. The third-order valence-electron chi connectivity index (χ3n) is 7.67. The second kappa shape index (κ2) is 10.1. The molecule has 0 amide bonds. The Morgan fingerprint density at radius 1 is 0.462 bits per heavy atom. The van der Waals surface area contributed by atoms with Gasteiger partial charge in [-0.05, 0) is 56.1 Å². The minimum atomic E-state index is -0.0185. The van der Waals surface area contributed by atoms with Crippen LogP contribution in [0.2, 0.25) is 0 Å². The summed E-state index contributed by atoms with van der Waals surface area (Å²) in [6.07, 6.45) is 4.16. The van der Waals surface area contributed by atoms with Gasteiger partial charge in [0, 0.05) is 6.20 Å². The largest absolute Gasteiger partial charge is 0.257 e. The predicted molar refractivity (Wildman–Crippen MR) is 169 cm³/mol. The summed E-state index contributed by atoms with van der Waals surface area (Å²) in [6, 6.07) is 52.3. The minimum absolute atomic E-state index is 0.0185. The van der Waals surface area contributed by atoms with Crippen molar-refractivity contribution in [3.05, 3.63) is 163 Å². The van der Waals surface area contributed by atoms with Crippen LogP contribution in [0.3, 0.4) is 0 Å². The molecule has 6 aromatic carbocycles. The first-order chi connectivity index (χ1) is 19.4. The lowest BCUT2D eigenvalue weighted by Gasteiger charge is -2.24. The fourth-order valence-electron chi connectivity index (χ4n) is 5.92. The average molecular weight is 495 g/mol. The van der Waals surface area contributed by atoms with E-state index in [1.165, 1.54) is 54.3 Å². The highest BCUT2D eigenvalue weighted by molar-refractivity contribution is 7.03. The van der Waals surface area contributed by atoms with Gasteiger partial charge in [0.15, 0.2) is 0 Å². The van der Waals surface area contributed by atoms with E-state index in [0.29, 0.717) is 0 Å². The van der Waals surface area contributed by atoms with E-state index >= 15 is 0 Å². The van der Waals surface area contributed by atoms with Crippen molar-refractivity contribution < 1.29 is 0 Å². The van der Waals surface area contributed by atoms with Gasteiger partial charge in [-0.25, -0.2) is 0 Å². The molecule has 0 saturated carbocycles. The van der Waals surface area contributed by atoms with Crippen LogP contribution in [0, 0.1) is 0 Å². The van der Waals surface area contributed by atoms with Crippen LogP contribution in [-0.4, -0.2) is 11.7 Å². The second-order valence-corrected chi connectivity index (χ2v) is 9.95. The Labute approximate surface area is 229 Å². The zero-order valence-corrected chi connectivity index (χ0v) is 21.5. The number of benzene rings is 6. The van der Waals surface area contributed by atoms with Crippen molar-refractivity contribution in [2.24, 2.45) is 0 Å². The molecule has 0 spiro atoms. The summed E-state index contributed by atoms with van der Waals surface area (Å²) in [6.45, 7) is -0.0185. The third-order valence-corrected chi connectivity index (χ3v) is 7.67. The van der Waals surface area contributed by atoms with Crippen LogP contribution in [-0.2, 0) is 0 Å². The molecule has 0 aliphatic rings. The number of hydrogen-bond donors (Lipinski definition) is 0. The summed E-state index contributed by atoms with van der Waals surface area (Å²) in [5.74, 6) is 0. The predicted octanol–water partition coefficient (Wildman–Crippen LogP) is 7.93. The molecule has 0 radical (unpaired) electrons. The molecule has 0 N–H and O–H groups in total. The lowest BCUT2D eigenvalue weighted by atomic mass is 9.34. The summed E-state index contributed by atoms with van der Waals surface area (Å²) in [5, 5.41) is 7.50. The molecule has 0 aliphatic carbocycles. The minimum Gasteiger partial charge on any atom is -0.257 e. The summed E-state index contributed by atoms with van der Waals surface area (Å²) in [7, 11) is 0. The van der Waals surface area contributed by atoms with Crippen LogP contribution < -0.4 is 10.9 Å². The van der Waals surface area contributed by atoms with E-state index < -0.39 is 0 Å². The van der Waals surface area contributed by atoms with Gasteiger partial charge in [0.1, 0.15) is 0 Å². The number of rotatable bonds is 5. The van der Waals surface area contributed by atoms with E-state index in [9.17, 15) is 0 Å². The van der Waals surface area contributed by atoms with Gasteiger partial charge in [-0.2, -0.15) is 0 Å². The Kier molecular flexibility index (Phi) is 5.99. The molecular formula is C37H26BN. The van der Waals surface area contributed by atoms with Gasteiger partial charge in [-0.3, -0.25) is 4.98 Å². The number of pyridine rings is 1. The smallest absolute Gasteiger partial charge is 0.243 e. The van der Waals surface area contributed by atoms with E-state index in [0.717, 1.165) is 5.69 Å². The first kappa shape index (κ1) is 23.2. The lowest BCUT2D eigenvalue weighted by molar-refractivity contribution is 1.30. The van der Waals surface area contributed by atoms with E-state index in [-0.39, 0.29) is 6.71 Å². The molecule has 7 rings (SSSR count). The van der Waals surface area contributed by atoms with Crippen molar-refractivity contribution in [1.82, 2.24) is 4.98 Å². The summed E-state index contributed by atoms with van der Waals surface area (Å²) < 4.78 is 0. The van der Waals surface area contributed by atoms with Gasteiger partial charge >= 0.3 is 0 Å². The zero-order valence-electron chi connectivity index (χ0n) is 21.5. The number of hydrogen-bond acceptors (Lipinski definition) is 1. The van der Waals surface area contributed by atoms with E-state index in [1.54, 1.807) is 0 Å². The molecule has 39 heavy (non-hydrogen) atoms. The Balaban J connectivity index is 1.62. The molecule has 0 unspecified atom stereocenters. The quantitative estimate of drug-likeness (QED) is 0.221. The Morgan fingerprint density at radius 2 is 0.949 bits per heavy atom. The topological polar surface area (TPSA) is 12.9 Å². The van der Waals surface area contributed by atoms with Gasteiger partial charge in [-0.1, -0.05) is 150 Å². The molecule has 0 saturated heterocycles. The Morgan fingerprint density at radius 3 is 1.54 bits per heavy atom.